The normalized spacial score (nSPS) is 15.5. The predicted molar refractivity (Wildman–Crippen MR) is 143 cm³/mol. The third-order valence-corrected chi connectivity index (χ3v) is 7.34. The lowest BCUT2D eigenvalue weighted by atomic mass is 9.88. The van der Waals surface area contributed by atoms with Gasteiger partial charge in [-0.25, -0.2) is 4.39 Å². The van der Waals surface area contributed by atoms with Gasteiger partial charge in [-0.1, -0.05) is 42.5 Å². The highest BCUT2D eigenvalue weighted by atomic mass is 19.4. The largest absolute Gasteiger partial charge is 0.573 e. The minimum absolute atomic E-state index is 0.00792. The van der Waals surface area contributed by atoms with Gasteiger partial charge in [0.15, 0.2) is 0 Å². The number of alkyl halides is 6. The number of hydrogen-bond donors (Lipinski definition) is 0. The summed E-state index contributed by atoms with van der Waals surface area (Å²) in [6.45, 7) is 0. The third kappa shape index (κ3) is 4.83. The van der Waals surface area contributed by atoms with Crippen molar-refractivity contribution < 1.29 is 40.2 Å². The summed E-state index contributed by atoms with van der Waals surface area (Å²) in [4.78, 5) is 0. The molecule has 0 heterocycles. The van der Waals surface area contributed by atoms with Crippen LogP contribution < -0.4 is 9.96 Å². The van der Waals surface area contributed by atoms with Gasteiger partial charge in [0.25, 0.3) is 0 Å². The Balaban J connectivity index is 1.70. The van der Waals surface area contributed by atoms with Crippen molar-refractivity contribution in [3.8, 4) is 40.1 Å². The van der Waals surface area contributed by atoms with E-state index in [1.54, 1.807) is 24.3 Å². The van der Waals surface area contributed by atoms with Crippen LogP contribution in [0.2, 0.25) is 0 Å². The van der Waals surface area contributed by atoms with Crippen LogP contribution in [0.15, 0.2) is 78.6 Å². The molecule has 3 aliphatic carbocycles. The SMILES string of the molecule is N#CC(C#N)=c1c(-c2ccc(OC(F)(F)F)cc2)c2c3cccc4c(F)ccc(c-2c1C1C=CC(OC(F)(F)F)=CC1)c43. The summed E-state index contributed by atoms with van der Waals surface area (Å²) in [5.74, 6) is -2.04. The number of halogens is 7. The Morgan fingerprint density at radius 2 is 1.42 bits per heavy atom. The fourth-order valence-corrected chi connectivity index (χ4v) is 5.88. The summed E-state index contributed by atoms with van der Waals surface area (Å²) in [5, 5.41) is 22.2. The average Bonchev–Trinajstić information content (AvgIpc) is 3.45. The number of rotatable bonds is 4. The highest BCUT2D eigenvalue weighted by Crippen LogP contribution is 2.52. The first-order chi connectivity index (χ1) is 20.4. The summed E-state index contributed by atoms with van der Waals surface area (Å²) in [6.07, 6.45) is -5.97. The number of nitrogens with zero attached hydrogens (tertiary/aromatic N) is 2. The third-order valence-electron chi connectivity index (χ3n) is 7.34. The maximum atomic E-state index is 14.9. The fraction of sp³-hybridized carbons (Fsp3) is 0.125. The van der Waals surface area contributed by atoms with Crippen molar-refractivity contribution in [2.24, 2.45) is 0 Å². The molecule has 0 aromatic heterocycles. The second-order valence-electron chi connectivity index (χ2n) is 9.76. The molecule has 3 aromatic carbocycles. The van der Waals surface area contributed by atoms with Crippen molar-refractivity contribution in [1.82, 2.24) is 0 Å². The van der Waals surface area contributed by atoms with Crippen molar-refractivity contribution in [1.29, 1.82) is 10.5 Å². The molecule has 43 heavy (non-hydrogen) atoms. The first kappa shape index (κ1) is 27.9. The Kier molecular flexibility index (Phi) is 6.42. The monoisotopic (exact) mass is 592 g/mol. The van der Waals surface area contributed by atoms with Gasteiger partial charge in [0.1, 0.15) is 35.0 Å². The molecule has 0 bridgehead atoms. The van der Waals surface area contributed by atoms with Crippen LogP contribution in [-0.4, -0.2) is 12.7 Å². The summed E-state index contributed by atoms with van der Waals surface area (Å²) >= 11 is 0. The molecule has 6 rings (SSSR count). The molecule has 11 heteroatoms. The molecular weight excluding hydrogens is 577 g/mol. The molecule has 0 saturated heterocycles. The smallest absolute Gasteiger partial charge is 0.406 e. The van der Waals surface area contributed by atoms with Crippen molar-refractivity contribution in [3.63, 3.8) is 0 Å². The Hall–Kier alpha value is -5.29. The zero-order valence-corrected chi connectivity index (χ0v) is 21.6. The number of allylic oxidation sites excluding steroid dienone is 3. The number of hydrogen-bond acceptors (Lipinski definition) is 4. The molecule has 0 radical (unpaired) electrons. The molecule has 0 fully saturated rings. The van der Waals surface area contributed by atoms with Crippen molar-refractivity contribution >= 4 is 27.1 Å². The molecule has 0 N–H and O–H groups in total. The second-order valence-corrected chi connectivity index (χ2v) is 9.76. The minimum atomic E-state index is -4.93. The van der Waals surface area contributed by atoms with Crippen LogP contribution in [-0.2, 0) is 4.74 Å². The lowest BCUT2D eigenvalue weighted by molar-refractivity contribution is -0.303. The molecule has 0 amide bonds. The van der Waals surface area contributed by atoms with Gasteiger partial charge in [-0.3, -0.25) is 0 Å². The molecule has 214 valence electrons. The molecule has 1 atom stereocenters. The van der Waals surface area contributed by atoms with E-state index in [0.717, 1.165) is 18.2 Å². The Morgan fingerprint density at radius 1 is 0.767 bits per heavy atom. The minimum Gasteiger partial charge on any atom is -0.406 e. The van der Waals surface area contributed by atoms with E-state index in [4.69, 9.17) is 0 Å². The van der Waals surface area contributed by atoms with Crippen molar-refractivity contribution in [2.75, 3.05) is 0 Å². The first-order valence-corrected chi connectivity index (χ1v) is 12.7. The van der Waals surface area contributed by atoms with Gasteiger partial charge >= 0.3 is 12.7 Å². The summed E-state index contributed by atoms with van der Waals surface area (Å²) in [6, 6.07) is 16.5. The lowest BCUT2D eigenvalue weighted by Crippen LogP contribution is -2.17. The fourth-order valence-electron chi connectivity index (χ4n) is 5.88. The van der Waals surface area contributed by atoms with E-state index < -0.39 is 36.0 Å². The van der Waals surface area contributed by atoms with E-state index in [1.165, 1.54) is 30.4 Å². The van der Waals surface area contributed by atoms with Crippen LogP contribution in [0, 0.1) is 28.5 Å². The van der Waals surface area contributed by atoms with E-state index in [1.807, 2.05) is 12.1 Å². The lowest BCUT2D eigenvalue weighted by Gasteiger charge is -2.18. The highest BCUT2D eigenvalue weighted by molar-refractivity contribution is 6.27. The Morgan fingerprint density at radius 3 is 2.02 bits per heavy atom. The molecule has 0 saturated carbocycles. The van der Waals surface area contributed by atoms with Gasteiger partial charge in [0.05, 0.1) is 0 Å². The topological polar surface area (TPSA) is 66.0 Å². The van der Waals surface area contributed by atoms with Gasteiger partial charge in [0.2, 0.25) is 0 Å². The summed E-state index contributed by atoms with van der Waals surface area (Å²) < 4.78 is 100. The molecule has 3 aliphatic rings. The van der Waals surface area contributed by atoms with Crippen molar-refractivity contribution in [2.45, 2.75) is 25.1 Å². The molecule has 3 aromatic rings. The van der Waals surface area contributed by atoms with E-state index >= 15 is 0 Å². The van der Waals surface area contributed by atoms with Crippen LogP contribution in [0.1, 0.15) is 17.9 Å². The van der Waals surface area contributed by atoms with E-state index in [9.17, 15) is 41.3 Å². The molecular formula is C32H15F7N2O2. The Bertz CT molecular complexity index is 2040. The van der Waals surface area contributed by atoms with Crippen LogP contribution in [0.4, 0.5) is 30.7 Å². The van der Waals surface area contributed by atoms with Gasteiger partial charge in [-0.05, 0) is 75.4 Å². The van der Waals surface area contributed by atoms with Crippen LogP contribution in [0.5, 0.6) is 5.75 Å². The second kappa shape index (κ2) is 9.92. The van der Waals surface area contributed by atoms with Gasteiger partial charge in [0, 0.05) is 21.9 Å². The number of ether oxygens (including phenoxy) is 2. The maximum absolute atomic E-state index is 14.9. The van der Waals surface area contributed by atoms with Gasteiger partial charge in [-0.2, -0.15) is 10.5 Å². The van der Waals surface area contributed by atoms with Crippen LogP contribution in [0.25, 0.3) is 49.4 Å². The molecule has 0 spiro atoms. The molecule has 4 nitrogen and oxygen atoms in total. The molecule has 0 aliphatic heterocycles. The Labute approximate surface area is 238 Å². The number of nitriles is 2. The van der Waals surface area contributed by atoms with Gasteiger partial charge < -0.3 is 9.47 Å². The molecule has 1 unspecified atom stereocenters. The predicted octanol–water partition coefficient (Wildman–Crippen LogP) is 8.62. The van der Waals surface area contributed by atoms with Gasteiger partial charge in [-0.15, -0.1) is 26.3 Å². The zero-order valence-electron chi connectivity index (χ0n) is 21.6. The zero-order chi connectivity index (χ0) is 30.7. The highest BCUT2D eigenvalue weighted by Gasteiger charge is 2.35. The van der Waals surface area contributed by atoms with Crippen LogP contribution in [0.3, 0.4) is 0 Å². The standard InChI is InChI=1S/C32H15F7N2O2/c33-24-13-12-23-28-21(24)2-1-3-22(28)29-25(16-4-8-19(9-5-16)42-31(34,35)36)27(18(14-40)15-41)26(30(23)29)17-6-10-20(11-7-17)43-32(37,38)39/h1-6,8-13,17H,7H2. The van der Waals surface area contributed by atoms with E-state index in [2.05, 4.69) is 9.47 Å². The van der Waals surface area contributed by atoms with Crippen LogP contribution >= 0.6 is 0 Å². The average molecular weight is 592 g/mol. The first-order valence-electron chi connectivity index (χ1n) is 12.7. The maximum Gasteiger partial charge on any atom is 0.573 e. The summed E-state index contributed by atoms with van der Waals surface area (Å²) in [7, 11) is 0. The van der Waals surface area contributed by atoms with E-state index in [0.29, 0.717) is 49.4 Å². The number of benzene rings is 3. The van der Waals surface area contributed by atoms with E-state index in [-0.39, 0.29) is 17.2 Å². The van der Waals surface area contributed by atoms with Crippen molar-refractivity contribution in [3.05, 3.63) is 95.2 Å². The number of fused-ring (bicyclic) bond motifs is 3. The summed E-state index contributed by atoms with van der Waals surface area (Å²) in [5.41, 5.74) is 1.91. The quantitative estimate of drug-likeness (QED) is 0.196.